The monoisotopic (exact) mass is 415 g/mol. The van der Waals surface area contributed by atoms with Crippen LogP contribution in [-0.4, -0.2) is 18.2 Å². The Bertz CT molecular complexity index is 1070. The Hall–Kier alpha value is -2.40. The van der Waals surface area contributed by atoms with E-state index in [2.05, 4.69) is 5.09 Å². The summed E-state index contributed by atoms with van der Waals surface area (Å²) in [5, 5.41) is 13.1. The van der Waals surface area contributed by atoms with Gasteiger partial charge in [-0.2, -0.15) is 0 Å². The summed E-state index contributed by atoms with van der Waals surface area (Å²) >= 11 is 1.14. The molecule has 0 bridgehead atoms. The van der Waals surface area contributed by atoms with Gasteiger partial charge in [-0.15, -0.1) is 11.3 Å². The molecule has 3 aromatic rings. The van der Waals surface area contributed by atoms with Crippen LogP contribution in [0.25, 0.3) is 10.4 Å². The Kier molecular flexibility index (Phi) is 5.75. The first kappa shape index (κ1) is 20.3. The summed E-state index contributed by atoms with van der Waals surface area (Å²) in [4.78, 5) is 12.7. The fourth-order valence-corrected chi connectivity index (χ4v) is 5.73. The maximum Gasteiger partial charge on any atom is 0.348 e. The number of aryl methyl sites for hydroxylation is 3. The van der Waals surface area contributed by atoms with Gasteiger partial charge in [0.05, 0.1) is 11.0 Å². The van der Waals surface area contributed by atoms with Gasteiger partial charge < -0.3 is 14.7 Å². The fourth-order valence-electron chi connectivity index (χ4n) is 2.99. The molecule has 5 nitrogen and oxygen atoms in total. The van der Waals surface area contributed by atoms with Crippen LogP contribution in [0, 0.1) is 20.8 Å². The summed E-state index contributed by atoms with van der Waals surface area (Å²) in [6, 6.07) is 15.1. The molecule has 7 heteroatoms. The number of nitrogens with one attached hydrogen (secondary N) is 1. The number of carboxylic acid groups (broad SMARTS) is 1. The molecule has 1 aromatic heterocycles. The van der Waals surface area contributed by atoms with Crippen molar-refractivity contribution in [1.29, 1.82) is 0 Å². The molecule has 0 radical (unpaired) electrons. The molecule has 0 aliphatic heterocycles. The summed E-state index contributed by atoms with van der Waals surface area (Å²) in [5.74, 6) is -1.07. The van der Waals surface area contributed by atoms with Crippen molar-refractivity contribution in [2.75, 3.05) is 12.2 Å². The molecule has 0 saturated carbocycles. The van der Waals surface area contributed by atoms with Gasteiger partial charge >= 0.3 is 13.5 Å². The Morgan fingerprint density at radius 3 is 2.25 bits per heavy atom. The van der Waals surface area contributed by atoms with Gasteiger partial charge in [0, 0.05) is 12.0 Å². The van der Waals surface area contributed by atoms with Crippen LogP contribution in [0.3, 0.4) is 0 Å². The Labute approximate surface area is 168 Å². The van der Waals surface area contributed by atoms with Gasteiger partial charge in [0.2, 0.25) is 0 Å². The quantitative estimate of drug-likeness (QED) is 0.512. The van der Waals surface area contributed by atoms with Gasteiger partial charge in [0.25, 0.3) is 0 Å². The lowest BCUT2D eigenvalue weighted by Gasteiger charge is -2.20. The molecule has 1 atom stereocenters. The fraction of sp³-hybridized carbons (Fsp3) is 0.190. The van der Waals surface area contributed by atoms with Crippen molar-refractivity contribution in [1.82, 2.24) is 0 Å². The highest BCUT2D eigenvalue weighted by Gasteiger charge is 2.29. The van der Waals surface area contributed by atoms with Crippen LogP contribution >= 0.6 is 18.9 Å². The molecule has 28 heavy (non-hydrogen) atoms. The second-order valence-corrected chi connectivity index (χ2v) is 9.89. The van der Waals surface area contributed by atoms with E-state index in [0.29, 0.717) is 11.0 Å². The third-order valence-corrected chi connectivity index (χ3v) is 7.81. The van der Waals surface area contributed by atoms with E-state index in [1.807, 2.05) is 57.2 Å². The summed E-state index contributed by atoms with van der Waals surface area (Å²) in [6.07, 6.45) is 0. The van der Waals surface area contributed by atoms with E-state index >= 15 is 0 Å². The average molecular weight is 415 g/mol. The molecule has 0 spiro atoms. The highest BCUT2D eigenvalue weighted by atomic mass is 32.1. The van der Waals surface area contributed by atoms with Crippen molar-refractivity contribution in [2.45, 2.75) is 20.8 Å². The minimum Gasteiger partial charge on any atom is -0.477 e. The summed E-state index contributed by atoms with van der Waals surface area (Å²) < 4.78 is 18.9. The number of carbonyl (C=O) groups is 1. The van der Waals surface area contributed by atoms with Gasteiger partial charge in [0.1, 0.15) is 4.88 Å². The van der Waals surface area contributed by atoms with Crippen LogP contribution in [0.15, 0.2) is 48.5 Å². The molecule has 1 unspecified atom stereocenters. The second-order valence-electron chi connectivity index (χ2n) is 6.66. The number of hydrogen-bond acceptors (Lipinski definition) is 4. The van der Waals surface area contributed by atoms with E-state index in [4.69, 9.17) is 4.52 Å². The molecule has 3 rings (SSSR count). The maximum absolute atomic E-state index is 13.5. The van der Waals surface area contributed by atoms with Gasteiger partial charge in [-0.05, 0) is 44.0 Å². The van der Waals surface area contributed by atoms with Crippen LogP contribution < -0.4 is 10.4 Å². The van der Waals surface area contributed by atoms with E-state index in [9.17, 15) is 14.5 Å². The first-order valence-electron chi connectivity index (χ1n) is 8.69. The Balaban J connectivity index is 2.05. The zero-order valence-corrected chi connectivity index (χ0v) is 17.9. The lowest BCUT2D eigenvalue weighted by atomic mass is 10.1. The van der Waals surface area contributed by atoms with Crippen molar-refractivity contribution in [3.63, 3.8) is 0 Å². The number of carboxylic acids is 1. The lowest BCUT2D eigenvalue weighted by molar-refractivity contribution is 0.0703. The first-order valence-corrected chi connectivity index (χ1v) is 11.1. The van der Waals surface area contributed by atoms with E-state index in [-0.39, 0.29) is 4.88 Å². The van der Waals surface area contributed by atoms with Gasteiger partial charge in [-0.3, -0.25) is 4.57 Å². The molecule has 2 aromatic carbocycles. The number of hydrogen-bond donors (Lipinski definition) is 2. The molecule has 1 heterocycles. The lowest BCUT2D eigenvalue weighted by Crippen LogP contribution is -2.17. The van der Waals surface area contributed by atoms with Crippen LogP contribution in [0.4, 0.5) is 5.69 Å². The number of aromatic carboxylic acids is 1. The van der Waals surface area contributed by atoms with E-state index in [1.54, 1.807) is 12.1 Å². The molecular formula is C21H22NO4PS. The SMILES string of the molecule is COP(=O)(Nc1cc(-c2ccc(C)cc2)sc1C(=O)O)c1ccc(C)cc1C. The third kappa shape index (κ3) is 4.04. The molecule has 0 aliphatic rings. The summed E-state index contributed by atoms with van der Waals surface area (Å²) in [6.45, 7) is 5.81. The van der Waals surface area contributed by atoms with E-state index in [0.717, 1.165) is 38.5 Å². The van der Waals surface area contributed by atoms with Crippen LogP contribution in [0.1, 0.15) is 26.4 Å². The highest BCUT2D eigenvalue weighted by Crippen LogP contribution is 2.48. The van der Waals surface area contributed by atoms with Crippen LogP contribution in [-0.2, 0) is 9.09 Å². The predicted octanol–water partition coefficient (Wildman–Crippen LogP) is 5.62. The Morgan fingerprint density at radius 1 is 1.04 bits per heavy atom. The number of thiophene rings is 1. The minimum atomic E-state index is -3.49. The zero-order valence-electron chi connectivity index (χ0n) is 16.1. The predicted molar refractivity (Wildman–Crippen MR) is 115 cm³/mol. The average Bonchev–Trinajstić information content (AvgIpc) is 3.06. The highest BCUT2D eigenvalue weighted by molar-refractivity contribution is 7.68. The summed E-state index contributed by atoms with van der Waals surface area (Å²) in [7, 11) is -2.13. The smallest absolute Gasteiger partial charge is 0.348 e. The van der Waals surface area contributed by atoms with Crippen molar-refractivity contribution >= 4 is 35.8 Å². The minimum absolute atomic E-state index is 0.0950. The van der Waals surface area contributed by atoms with Crippen molar-refractivity contribution in [3.05, 3.63) is 70.1 Å². The molecule has 2 N–H and O–H groups in total. The molecular weight excluding hydrogens is 393 g/mol. The number of anilines is 1. The van der Waals surface area contributed by atoms with Crippen molar-refractivity contribution in [3.8, 4) is 10.4 Å². The number of rotatable bonds is 6. The number of benzene rings is 2. The van der Waals surface area contributed by atoms with Crippen LogP contribution in [0.2, 0.25) is 0 Å². The molecule has 146 valence electrons. The topological polar surface area (TPSA) is 75.6 Å². The molecule has 0 amide bonds. The van der Waals surface area contributed by atoms with Gasteiger partial charge in [-0.1, -0.05) is 47.5 Å². The molecule has 0 fully saturated rings. The zero-order chi connectivity index (χ0) is 20.5. The van der Waals surface area contributed by atoms with Crippen molar-refractivity contribution in [2.24, 2.45) is 0 Å². The van der Waals surface area contributed by atoms with Crippen LogP contribution in [0.5, 0.6) is 0 Å². The summed E-state index contributed by atoms with van der Waals surface area (Å²) in [5.41, 5.74) is 4.19. The molecule has 0 aliphatic carbocycles. The van der Waals surface area contributed by atoms with E-state index < -0.39 is 13.5 Å². The van der Waals surface area contributed by atoms with E-state index in [1.165, 1.54) is 7.11 Å². The first-order chi connectivity index (χ1) is 13.2. The second kappa shape index (κ2) is 7.92. The van der Waals surface area contributed by atoms with Gasteiger partial charge in [0.15, 0.2) is 0 Å². The third-order valence-electron chi connectivity index (χ3n) is 4.46. The van der Waals surface area contributed by atoms with Gasteiger partial charge in [-0.25, -0.2) is 4.79 Å². The normalized spacial score (nSPS) is 13.1. The Morgan fingerprint density at radius 2 is 1.68 bits per heavy atom. The van der Waals surface area contributed by atoms with Crippen molar-refractivity contribution < 1.29 is 19.0 Å². The largest absolute Gasteiger partial charge is 0.477 e. The standard InChI is InChI=1S/C21H22NO4PS/c1-13-5-8-16(9-6-13)19-12-17(20(28-19)21(23)24)22-27(25,26-4)18-10-7-14(2)11-15(18)3/h5-12H,1-4H3,(H,22,25)(H,23,24). The maximum atomic E-state index is 13.5. The molecule has 0 saturated heterocycles.